The molecule has 0 saturated heterocycles. The third-order valence-corrected chi connectivity index (χ3v) is 11.9. The molecule has 0 saturated carbocycles. The van der Waals surface area contributed by atoms with Crippen molar-refractivity contribution in [2.24, 2.45) is 0 Å². The van der Waals surface area contributed by atoms with Crippen LogP contribution >= 0.6 is 0 Å². The molecule has 5 aromatic rings. The number of benzene rings is 4. The van der Waals surface area contributed by atoms with Crippen molar-refractivity contribution < 1.29 is 35.4 Å². The molecule has 12 heteroatoms. The molecule has 4 aromatic carbocycles. The van der Waals surface area contributed by atoms with Gasteiger partial charge in [-0.05, 0) is 61.1 Å². The number of rotatable bonds is 15. The summed E-state index contributed by atoms with van der Waals surface area (Å²) in [6.45, 7) is 0. The van der Waals surface area contributed by atoms with Crippen molar-refractivity contribution in [3.8, 4) is 23.0 Å². The van der Waals surface area contributed by atoms with Gasteiger partial charge in [0.1, 0.15) is 5.75 Å². The minimum atomic E-state index is -4.43. The number of nitrogens with zero attached hydrogens (tertiary/aromatic N) is 2. The number of pyridine rings is 1. The van der Waals surface area contributed by atoms with Crippen LogP contribution in [0.1, 0.15) is 24.0 Å². The second-order valence-corrected chi connectivity index (χ2v) is 14.9. The lowest BCUT2D eigenvalue weighted by molar-refractivity contribution is 0.355. The molecule has 0 atom stereocenters. The van der Waals surface area contributed by atoms with Crippen LogP contribution in [0.3, 0.4) is 0 Å². The number of ether oxygens (including phenoxy) is 3. The van der Waals surface area contributed by atoms with Crippen molar-refractivity contribution in [1.29, 1.82) is 0 Å². The van der Waals surface area contributed by atoms with E-state index >= 15 is 4.39 Å². The summed E-state index contributed by atoms with van der Waals surface area (Å²) in [7, 11) is -5.87. The molecule has 0 aliphatic rings. The molecule has 1 heterocycles. The Balaban J connectivity index is 1.44. The van der Waals surface area contributed by atoms with Gasteiger partial charge in [-0.1, -0.05) is 60.7 Å². The molecule has 0 radical (unpaired) electrons. The summed E-state index contributed by atoms with van der Waals surface area (Å²) in [5, 5.41) is 0.511. The lowest BCUT2D eigenvalue weighted by Crippen LogP contribution is -2.40. The van der Waals surface area contributed by atoms with Gasteiger partial charge in [0, 0.05) is 23.7 Å². The van der Waals surface area contributed by atoms with Crippen molar-refractivity contribution >= 4 is 36.6 Å². The van der Waals surface area contributed by atoms with E-state index in [1.54, 1.807) is 18.2 Å². The van der Waals surface area contributed by atoms with Gasteiger partial charge in [-0.3, -0.25) is 4.98 Å². The van der Waals surface area contributed by atoms with Gasteiger partial charge >= 0.3 is 0 Å². The van der Waals surface area contributed by atoms with Crippen LogP contribution in [0.2, 0.25) is 0 Å². The normalized spacial score (nSPS) is 11.7. The molecule has 0 unspecified atom stereocenters. The first-order valence-electron chi connectivity index (χ1n) is 14.9. The second-order valence-electron chi connectivity index (χ2n) is 10.8. The number of aryl methyl sites for hydroxylation is 2. The molecule has 1 aromatic heterocycles. The fraction of sp³-hybridized carbons (Fsp3) is 0.229. The van der Waals surface area contributed by atoms with E-state index < -0.39 is 37.4 Å². The Morgan fingerprint density at radius 1 is 0.660 bits per heavy atom. The Morgan fingerprint density at radius 3 is 1.74 bits per heavy atom. The molecule has 246 valence electrons. The molecule has 0 amide bonds. The molecule has 0 bridgehead atoms. The number of hydrogen-bond acceptors (Lipinski definition) is 8. The minimum Gasteiger partial charge on any atom is -0.493 e. The van der Waals surface area contributed by atoms with Gasteiger partial charge in [-0.2, -0.15) is 3.71 Å². The van der Waals surface area contributed by atoms with Gasteiger partial charge in [0.15, 0.2) is 23.1 Å². The lowest BCUT2D eigenvalue weighted by Gasteiger charge is -2.24. The zero-order valence-electron chi connectivity index (χ0n) is 26.0. The minimum absolute atomic E-state index is 0.176. The van der Waals surface area contributed by atoms with E-state index in [0.717, 1.165) is 17.2 Å². The Kier molecular flexibility index (Phi) is 10.6. The molecule has 5 rings (SSSR count). The molecular weight excluding hydrogens is 644 g/mol. The van der Waals surface area contributed by atoms with E-state index in [1.165, 1.54) is 32.5 Å². The molecule has 0 fully saturated rings. The van der Waals surface area contributed by atoms with Crippen LogP contribution in [-0.4, -0.2) is 47.5 Å². The maximum atomic E-state index is 15.7. The maximum absolute atomic E-state index is 15.7. The molecule has 0 spiro atoms. The van der Waals surface area contributed by atoms with Crippen LogP contribution in [0.5, 0.6) is 23.0 Å². The summed E-state index contributed by atoms with van der Waals surface area (Å²) in [5.74, 6) is -0.964. The number of sulfonamides is 2. The first-order valence-corrected chi connectivity index (χ1v) is 18.1. The van der Waals surface area contributed by atoms with Gasteiger partial charge in [0.25, 0.3) is 0 Å². The van der Waals surface area contributed by atoms with Crippen LogP contribution < -0.4 is 17.9 Å². The maximum Gasteiger partial charge on any atom is 0.248 e. The van der Waals surface area contributed by atoms with Crippen LogP contribution in [0.4, 0.5) is 10.1 Å². The Morgan fingerprint density at radius 2 is 1.21 bits per heavy atom. The standard InChI is InChI=1S/C35H35FN2O7S2/c1-43-34-24-29-31(25-35(34)44-2)37-20-19-32(29)45-33-18-17-28(23-30(33)36)38(46(39,40)21-9-15-26-11-5-3-6-12-26)47(41,42)22-10-16-27-13-7-4-8-14-27/h3-8,11-14,17-20,23-25H,9-10,15-16,21-22H2,1-2H3. The zero-order valence-corrected chi connectivity index (χ0v) is 27.6. The Bertz CT molecular complexity index is 1970. The number of methoxy groups -OCH3 is 2. The highest BCUT2D eigenvalue weighted by atomic mass is 32.3. The molecular formula is C35H35FN2O7S2. The summed E-state index contributed by atoms with van der Waals surface area (Å²) in [6.07, 6.45) is 2.70. The Hall–Kier alpha value is -4.68. The van der Waals surface area contributed by atoms with Gasteiger partial charge in [0.05, 0.1) is 36.9 Å². The van der Waals surface area contributed by atoms with Crippen LogP contribution in [-0.2, 0) is 32.9 Å². The van der Waals surface area contributed by atoms with E-state index in [9.17, 15) is 16.8 Å². The third-order valence-electron chi connectivity index (χ3n) is 7.48. The SMILES string of the molecule is COc1cc2nccc(Oc3ccc(N(S(=O)(=O)CCCc4ccccc4)S(=O)(=O)CCCc4ccccc4)cc3F)c2cc1OC. The summed E-state index contributed by atoms with van der Waals surface area (Å²) >= 11 is 0. The summed E-state index contributed by atoms with van der Waals surface area (Å²) in [5.41, 5.74) is 2.02. The van der Waals surface area contributed by atoms with Crippen LogP contribution in [0, 0.1) is 5.82 Å². The van der Waals surface area contributed by atoms with Crippen molar-refractivity contribution in [2.75, 3.05) is 29.4 Å². The molecule has 0 N–H and O–H groups in total. The second kappa shape index (κ2) is 14.8. The predicted molar refractivity (Wildman–Crippen MR) is 181 cm³/mol. The smallest absolute Gasteiger partial charge is 0.248 e. The fourth-order valence-electron chi connectivity index (χ4n) is 5.21. The monoisotopic (exact) mass is 678 g/mol. The summed E-state index contributed by atoms with van der Waals surface area (Å²) in [4.78, 5) is 4.32. The van der Waals surface area contributed by atoms with Crippen LogP contribution in [0.15, 0.2) is 103 Å². The van der Waals surface area contributed by atoms with E-state index in [0.29, 0.717) is 39.0 Å². The number of hydrogen-bond donors (Lipinski definition) is 0. The molecule has 47 heavy (non-hydrogen) atoms. The molecule has 9 nitrogen and oxygen atoms in total. The van der Waals surface area contributed by atoms with Crippen molar-refractivity contribution in [3.63, 3.8) is 0 Å². The number of aromatic nitrogens is 1. The highest BCUT2D eigenvalue weighted by Gasteiger charge is 2.34. The first-order chi connectivity index (χ1) is 22.6. The predicted octanol–water partition coefficient (Wildman–Crippen LogP) is 6.92. The number of anilines is 1. The zero-order chi connectivity index (χ0) is 33.4. The largest absolute Gasteiger partial charge is 0.493 e. The van der Waals surface area contributed by atoms with Gasteiger partial charge < -0.3 is 14.2 Å². The van der Waals surface area contributed by atoms with Gasteiger partial charge in [-0.25, -0.2) is 21.2 Å². The van der Waals surface area contributed by atoms with Crippen LogP contribution in [0.25, 0.3) is 10.9 Å². The number of halogens is 1. The lowest BCUT2D eigenvalue weighted by atomic mass is 10.1. The topological polar surface area (TPSA) is 112 Å². The van der Waals surface area contributed by atoms with Crippen molar-refractivity contribution in [2.45, 2.75) is 25.7 Å². The van der Waals surface area contributed by atoms with E-state index in [2.05, 4.69) is 4.98 Å². The van der Waals surface area contributed by atoms with Gasteiger partial charge in [-0.15, -0.1) is 0 Å². The third kappa shape index (κ3) is 8.19. The number of fused-ring (bicyclic) bond motifs is 1. The average Bonchev–Trinajstić information content (AvgIpc) is 3.06. The van der Waals surface area contributed by atoms with E-state index in [-0.39, 0.29) is 30.0 Å². The van der Waals surface area contributed by atoms with Gasteiger partial charge in [0.2, 0.25) is 20.0 Å². The first kappa shape index (κ1) is 33.7. The summed E-state index contributed by atoms with van der Waals surface area (Å²) < 4.78 is 87.5. The summed E-state index contributed by atoms with van der Waals surface area (Å²) in [6, 6.07) is 26.8. The Labute approximate surface area is 274 Å². The van der Waals surface area contributed by atoms with Crippen molar-refractivity contribution in [3.05, 3.63) is 120 Å². The fourth-order valence-corrected chi connectivity index (χ4v) is 9.26. The molecule has 0 aliphatic heterocycles. The quantitative estimate of drug-likeness (QED) is 0.117. The average molecular weight is 679 g/mol. The molecule has 0 aliphatic carbocycles. The highest BCUT2D eigenvalue weighted by Crippen LogP contribution is 2.38. The highest BCUT2D eigenvalue weighted by molar-refractivity contribution is 8.10. The van der Waals surface area contributed by atoms with Crippen molar-refractivity contribution in [1.82, 2.24) is 4.98 Å². The van der Waals surface area contributed by atoms with E-state index in [4.69, 9.17) is 14.2 Å². The van der Waals surface area contributed by atoms with E-state index in [1.807, 2.05) is 60.7 Å².